The van der Waals surface area contributed by atoms with Crippen LogP contribution in [0.15, 0.2) is 24.3 Å². The number of para-hydroxylation sites is 1. The van der Waals surface area contributed by atoms with E-state index < -0.39 is 0 Å². The summed E-state index contributed by atoms with van der Waals surface area (Å²) in [6.45, 7) is 6.55. The lowest BCUT2D eigenvalue weighted by atomic mass is 9.86. The molecule has 1 heteroatoms. The van der Waals surface area contributed by atoms with Gasteiger partial charge in [0, 0.05) is 0 Å². The van der Waals surface area contributed by atoms with Gasteiger partial charge >= 0.3 is 0 Å². The predicted molar refractivity (Wildman–Crippen MR) is 56.0 cm³/mol. The maximum atomic E-state index is 9.66. The molecule has 13 heavy (non-hydrogen) atoms. The molecule has 1 unspecified atom stereocenters. The van der Waals surface area contributed by atoms with Crippen molar-refractivity contribution in [3.8, 4) is 5.75 Å². The molecule has 1 N–H and O–H groups in total. The van der Waals surface area contributed by atoms with Gasteiger partial charge in [0.05, 0.1) is 0 Å². The second-order valence-electron chi connectivity index (χ2n) is 3.82. The highest BCUT2D eigenvalue weighted by molar-refractivity contribution is 5.35. The number of phenols is 1. The average molecular weight is 178 g/mol. The second-order valence-corrected chi connectivity index (χ2v) is 3.82. The number of hydrogen-bond acceptors (Lipinski definition) is 1. The van der Waals surface area contributed by atoms with Gasteiger partial charge in [-0.1, -0.05) is 39.0 Å². The van der Waals surface area contributed by atoms with Gasteiger partial charge in [0.25, 0.3) is 0 Å². The molecule has 1 atom stereocenters. The van der Waals surface area contributed by atoms with Crippen LogP contribution in [0.5, 0.6) is 5.75 Å². The van der Waals surface area contributed by atoms with Crippen molar-refractivity contribution in [3.63, 3.8) is 0 Å². The topological polar surface area (TPSA) is 20.2 Å². The van der Waals surface area contributed by atoms with Crippen molar-refractivity contribution in [1.29, 1.82) is 0 Å². The SMILES string of the molecule is CCC(c1ccccc1O)C(C)C. The molecule has 0 saturated heterocycles. The first kappa shape index (κ1) is 10.1. The van der Waals surface area contributed by atoms with Crippen LogP contribution in [-0.4, -0.2) is 5.11 Å². The minimum Gasteiger partial charge on any atom is -0.508 e. The molecule has 1 aromatic rings. The van der Waals surface area contributed by atoms with Gasteiger partial charge in [-0.05, 0) is 29.9 Å². The van der Waals surface area contributed by atoms with Crippen LogP contribution in [-0.2, 0) is 0 Å². The zero-order valence-corrected chi connectivity index (χ0v) is 8.62. The van der Waals surface area contributed by atoms with Crippen LogP contribution >= 0.6 is 0 Å². The monoisotopic (exact) mass is 178 g/mol. The standard InChI is InChI=1S/C12H18O/c1-4-10(9(2)3)11-7-5-6-8-12(11)13/h5-10,13H,4H2,1-3H3. The number of hydrogen-bond donors (Lipinski definition) is 1. The molecule has 0 fully saturated rings. The maximum Gasteiger partial charge on any atom is 0.119 e. The fourth-order valence-corrected chi connectivity index (χ4v) is 1.85. The third-order valence-electron chi connectivity index (χ3n) is 2.58. The van der Waals surface area contributed by atoms with Crippen molar-refractivity contribution in [3.05, 3.63) is 29.8 Å². The number of rotatable bonds is 3. The van der Waals surface area contributed by atoms with Gasteiger partial charge in [0.15, 0.2) is 0 Å². The van der Waals surface area contributed by atoms with E-state index in [1.54, 1.807) is 6.07 Å². The lowest BCUT2D eigenvalue weighted by Crippen LogP contribution is -2.05. The summed E-state index contributed by atoms with van der Waals surface area (Å²) in [5.41, 5.74) is 1.08. The average Bonchev–Trinajstić information content (AvgIpc) is 2.09. The van der Waals surface area contributed by atoms with Crippen molar-refractivity contribution < 1.29 is 5.11 Å². The lowest BCUT2D eigenvalue weighted by Gasteiger charge is -2.20. The van der Waals surface area contributed by atoms with Gasteiger partial charge in [-0.25, -0.2) is 0 Å². The normalized spacial score (nSPS) is 13.2. The number of phenolic OH excluding ortho intramolecular Hbond substituents is 1. The summed E-state index contributed by atoms with van der Waals surface area (Å²) in [6, 6.07) is 7.63. The molecule has 0 aromatic heterocycles. The first-order valence-electron chi connectivity index (χ1n) is 4.94. The minimum atomic E-state index is 0.433. The molecule has 1 aromatic carbocycles. The van der Waals surface area contributed by atoms with E-state index in [1.807, 2.05) is 18.2 Å². The van der Waals surface area contributed by atoms with Crippen molar-refractivity contribution in [2.45, 2.75) is 33.1 Å². The molecule has 0 amide bonds. The fourth-order valence-electron chi connectivity index (χ4n) is 1.85. The first-order valence-corrected chi connectivity index (χ1v) is 4.94. The van der Waals surface area contributed by atoms with E-state index in [2.05, 4.69) is 20.8 Å². The van der Waals surface area contributed by atoms with Crippen molar-refractivity contribution in [2.24, 2.45) is 5.92 Å². The Morgan fingerprint density at radius 1 is 1.23 bits per heavy atom. The van der Waals surface area contributed by atoms with Gasteiger partial charge in [-0.3, -0.25) is 0 Å². The van der Waals surface area contributed by atoms with Crippen LogP contribution < -0.4 is 0 Å². The molecule has 0 aliphatic rings. The molecule has 0 saturated carbocycles. The molecule has 0 aliphatic heterocycles. The highest BCUT2D eigenvalue weighted by Crippen LogP contribution is 2.33. The van der Waals surface area contributed by atoms with Crippen LogP contribution in [0, 0.1) is 5.92 Å². The third-order valence-corrected chi connectivity index (χ3v) is 2.58. The van der Waals surface area contributed by atoms with E-state index in [-0.39, 0.29) is 0 Å². The molecule has 0 bridgehead atoms. The molecule has 0 spiro atoms. The Balaban J connectivity index is 2.97. The molecule has 1 nitrogen and oxygen atoms in total. The lowest BCUT2D eigenvalue weighted by molar-refractivity contribution is 0.430. The smallest absolute Gasteiger partial charge is 0.119 e. The molecular weight excluding hydrogens is 160 g/mol. The molecule has 72 valence electrons. The fraction of sp³-hybridized carbons (Fsp3) is 0.500. The molecule has 0 radical (unpaired) electrons. The highest BCUT2D eigenvalue weighted by atomic mass is 16.3. The first-order chi connectivity index (χ1) is 6.16. The molecule has 0 aliphatic carbocycles. The Bertz CT molecular complexity index is 266. The predicted octanol–water partition coefficient (Wildman–Crippen LogP) is 3.54. The number of benzene rings is 1. The molecular formula is C12H18O. The van der Waals surface area contributed by atoms with Crippen LogP contribution in [0.1, 0.15) is 38.7 Å². The third kappa shape index (κ3) is 2.24. The summed E-state index contributed by atoms with van der Waals surface area (Å²) in [7, 11) is 0. The maximum absolute atomic E-state index is 9.66. The van der Waals surface area contributed by atoms with E-state index in [0.717, 1.165) is 12.0 Å². The zero-order chi connectivity index (χ0) is 9.84. The largest absolute Gasteiger partial charge is 0.508 e. The van der Waals surface area contributed by atoms with Crippen molar-refractivity contribution in [2.75, 3.05) is 0 Å². The molecule has 0 heterocycles. The Morgan fingerprint density at radius 2 is 1.85 bits per heavy atom. The summed E-state index contributed by atoms with van der Waals surface area (Å²) in [6.07, 6.45) is 1.08. The van der Waals surface area contributed by atoms with E-state index in [9.17, 15) is 5.11 Å². The Hall–Kier alpha value is -0.980. The van der Waals surface area contributed by atoms with Crippen molar-refractivity contribution >= 4 is 0 Å². The number of aromatic hydroxyl groups is 1. The quantitative estimate of drug-likeness (QED) is 0.750. The van der Waals surface area contributed by atoms with E-state index >= 15 is 0 Å². The van der Waals surface area contributed by atoms with Gasteiger partial charge in [-0.2, -0.15) is 0 Å². The van der Waals surface area contributed by atoms with Crippen molar-refractivity contribution in [1.82, 2.24) is 0 Å². The Labute approximate surface area is 80.4 Å². The summed E-state index contributed by atoms with van der Waals surface area (Å²) in [5, 5.41) is 9.66. The van der Waals surface area contributed by atoms with E-state index in [4.69, 9.17) is 0 Å². The zero-order valence-electron chi connectivity index (χ0n) is 8.62. The van der Waals surface area contributed by atoms with Crippen LogP contribution in [0.25, 0.3) is 0 Å². The summed E-state index contributed by atoms with van der Waals surface area (Å²) < 4.78 is 0. The van der Waals surface area contributed by atoms with Gasteiger partial charge < -0.3 is 5.11 Å². The van der Waals surface area contributed by atoms with Crippen LogP contribution in [0.2, 0.25) is 0 Å². The minimum absolute atomic E-state index is 0.433. The summed E-state index contributed by atoms with van der Waals surface area (Å²) in [4.78, 5) is 0. The second kappa shape index (κ2) is 4.31. The van der Waals surface area contributed by atoms with Gasteiger partial charge in [0.1, 0.15) is 5.75 Å². The Morgan fingerprint density at radius 3 is 2.31 bits per heavy atom. The van der Waals surface area contributed by atoms with Gasteiger partial charge in [-0.15, -0.1) is 0 Å². The molecule has 1 rings (SSSR count). The van der Waals surface area contributed by atoms with Crippen LogP contribution in [0.3, 0.4) is 0 Å². The summed E-state index contributed by atoms with van der Waals surface area (Å²) in [5.74, 6) is 1.49. The van der Waals surface area contributed by atoms with Gasteiger partial charge in [0.2, 0.25) is 0 Å². The van der Waals surface area contributed by atoms with E-state index in [1.165, 1.54) is 0 Å². The highest BCUT2D eigenvalue weighted by Gasteiger charge is 2.16. The van der Waals surface area contributed by atoms with Crippen LogP contribution in [0.4, 0.5) is 0 Å². The Kier molecular flexibility index (Phi) is 3.35. The van der Waals surface area contributed by atoms with E-state index in [0.29, 0.717) is 17.6 Å². The summed E-state index contributed by atoms with van der Waals surface area (Å²) >= 11 is 0.